The number of carbonyl (C=O) groups is 3. The van der Waals surface area contributed by atoms with E-state index in [1.54, 1.807) is 17.2 Å². The van der Waals surface area contributed by atoms with Crippen LogP contribution >= 0.6 is 0 Å². The van der Waals surface area contributed by atoms with Gasteiger partial charge in [-0.05, 0) is 68.6 Å². The first-order chi connectivity index (χ1) is 20.2. The molecule has 0 bridgehead atoms. The quantitative estimate of drug-likeness (QED) is 0.422. The van der Waals surface area contributed by atoms with E-state index >= 15 is 0 Å². The predicted molar refractivity (Wildman–Crippen MR) is 162 cm³/mol. The van der Waals surface area contributed by atoms with E-state index in [4.69, 9.17) is 4.84 Å². The number of piperidine rings is 1. The largest absolute Gasteiger partial charge is 0.334 e. The van der Waals surface area contributed by atoms with Crippen molar-refractivity contribution in [1.29, 1.82) is 0 Å². The van der Waals surface area contributed by atoms with Crippen LogP contribution in [0.25, 0.3) is 6.08 Å². The van der Waals surface area contributed by atoms with E-state index in [0.29, 0.717) is 24.6 Å². The van der Waals surface area contributed by atoms with Gasteiger partial charge in [-0.1, -0.05) is 53.0 Å². The number of hydrogen-bond acceptors (Lipinski definition) is 6. The lowest BCUT2D eigenvalue weighted by Gasteiger charge is -2.55. The van der Waals surface area contributed by atoms with E-state index < -0.39 is 18.3 Å². The number of rotatable bonds is 8. The van der Waals surface area contributed by atoms with Gasteiger partial charge in [-0.15, -0.1) is 0 Å². The van der Waals surface area contributed by atoms with Crippen LogP contribution in [0.5, 0.6) is 0 Å². The molecule has 1 aromatic rings. The Hall–Kier alpha value is -2.78. The fourth-order valence-corrected chi connectivity index (χ4v) is 7.25. The van der Waals surface area contributed by atoms with Crippen molar-refractivity contribution < 1.29 is 19.2 Å². The molecule has 9 heteroatoms. The summed E-state index contributed by atoms with van der Waals surface area (Å²) in [5.41, 5.74) is 0.664. The number of nitrogens with zero attached hydrogens (tertiary/aromatic N) is 5. The highest BCUT2D eigenvalue weighted by Crippen LogP contribution is 2.35. The van der Waals surface area contributed by atoms with E-state index in [2.05, 4.69) is 23.7 Å². The number of amides is 3. The van der Waals surface area contributed by atoms with E-state index in [1.807, 2.05) is 36.9 Å². The second-order valence-electron chi connectivity index (χ2n) is 13.4. The van der Waals surface area contributed by atoms with Crippen LogP contribution in [-0.4, -0.2) is 92.5 Å². The molecule has 3 saturated heterocycles. The first-order valence-corrected chi connectivity index (χ1v) is 16.2. The second kappa shape index (κ2) is 13.7. The SMILES string of the molecule is CC(C)C[C@H]1ON(C(=O)/C=C/c2ccccn2)[C@H]2CN(C3CCN(C4CCCCC4)CC3)C(=O)[C@H](CC(C)C)N2C1=O. The Labute approximate surface area is 251 Å². The zero-order chi connectivity index (χ0) is 29.8. The van der Waals surface area contributed by atoms with E-state index in [9.17, 15) is 14.4 Å². The molecule has 5 rings (SSSR count). The van der Waals surface area contributed by atoms with Gasteiger partial charge in [0, 0.05) is 37.4 Å². The summed E-state index contributed by atoms with van der Waals surface area (Å²) < 4.78 is 0. The number of hydrogen-bond donors (Lipinski definition) is 0. The minimum absolute atomic E-state index is 0.0195. The Morgan fingerprint density at radius 1 is 0.952 bits per heavy atom. The minimum Gasteiger partial charge on any atom is -0.334 e. The van der Waals surface area contributed by atoms with Crippen molar-refractivity contribution in [2.45, 2.75) is 116 Å². The molecule has 0 spiro atoms. The van der Waals surface area contributed by atoms with Crippen molar-refractivity contribution in [3.8, 4) is 0 Å². The number of likely N-dealkylation sites (tertiary alicyclic amines) is 1. The third-order valence-electron chi connectivity index (χ3n) is 9.34. The summed E-state index contributed by atoms with van der Waals surface area (Å²) in [4.78, 5) is 58.7. The molecule has 9 nitrogen and oxygen atoms in total. The zero-order valence-corrected chi connectivity index (χ0v) is 25.9. The fraction of sp³-hybridized carbons (Fsp3) is 0.697. The Balaban J connectivity index is 1.40. The van der Waals surface area contributed by atoms with Gasteiger partial charge in [0.25, 0.3) is 11.8 Å². The fourth-order valence-electron chi connectivity index (χ4n) is 7.25. The van der Waals surface area contributed by atoms with Gasteiger partial charge < -0.3 is 14.7 Å². The minimum atomic E-state index is -0.804. The maximum Gasteiger partial charge on any atom is 0.272 e. The molecular formula is C33H49N5O4. The molecule has 0 radical (unpaired) electrons. The Kier molecular flexibility index (Phi) is 9.99. The number of hydroxylamine groups is 2. The van der Waals surface area contributed by atoms with Crippen LogP contribution < -0.4 is 0 Å². The van der Waals surface area contributed by atoms with Gasteiger partial charge in [-0.25, -0.2) is 0 Å². The van der Waals surface area contributed by atoms with Crippen LogP contribution in [0, 0.1) is 11.8 Å². The lowest BCUT2D eigenvalue weighted by molar-refractivity contribution is -0.275. The smallest absolute Gasteiger partial charge is 0.272 e. The normalized spacial score (nSPS) is 27.0. The lowest BCUT2D eigenvalue weighted by Crippen LogP contribution is -2.74. The Bertz CT molecular complexity index is 1110. The van der Waals surface area contributed by atoms with E-state index in [-0.39, 0.29) is 42.1 Å². The van der Waals surface area contributed by atoms with E-state index in [1.165, 1.54) is 43.2 Å². The van der Waals surface area contributed by atoms with Crippen molar-refractivity contribution in [3.05, 3.63) is 36.2 Å². The summed E-state index contributed by atoms with van der Waals surface area (Å²) in [6, 6.07) is 5.68. The van der Waals surface area contributed by atoms with Crippen LogP contribution in [0.4, 0.5) is 0 Å². The van der Waals surface area contributed by atoms with Crippen LogP contribution in [0.3, 0.4) is 0 Å². The topological polar surface area (TPSA) is 86.3 Å². The molecule has 42 heavy (non-hydrogen) atoms. The van der Waals surface area contributed by atoms with Crippen molar-refractivity contribution in [3.63, 3.8) is 0 Å². The Morgan fingerprint density at radius 3 is 2.31 bits per heavy atom. The number of carbonyl (C=O) groups excluding carboxylic acids is 3. The molecule has 3 aliphatic heterocycles. The third kappa shape index (κ3) is 6.88. The molecule has 4 heterocycles. The van der Waals surface area contributed by atoms with Crippen LogP contribution in [0.15, 0.2) is 30.5 Å². The summed E-state index contributed by atoms with van der Waals surface area (Å²) >= 11 is 0. The van der Waals surface area contributed by atoms with Crippen LogP contribution in [0.2, 0.25) is 0 Å². The number of aromatic nitrogens is 1. The summed E-state index contributed by atoms with van der Waals surface area (Å²) in [5, 5.41) is 1.37. The summed E-state index contributed by atoms with van der Waals surface area (Å²) in [5.74, 6) is -0.114. The average Bonchev–Trinajstić information content (AvgIpc) is 2.99. The molecule has 3 atom stereocenters. The summed E-state index contributed by atoms with van der Waals surface area (Å²) in [6.45, 7) is 10.5. The number of pyridine rings is 1. The molecule has 4 aliphatic rings. The number of piperazine rings is 1. The molecule has 1 aliphatic carbocycles. The van der Waals surface area contributed by atoms with Gasteiger partial charge in [0.05, 0.1) is 12.2 Å². The highest BCUT2D eigenvalue weighted by Gasteiger charge is 2.53. The van der Waals surface area contributed by atoms with Gasteiger partial charge in [0.2, 0.25) is 5.91 Å². The molecule has 230 valence electrons. The molecule has 1 saturated carbocycles. The lowest BCUT2D eigenvalue weighted by atomic mass is 9.90. The first kappa shape index (κ1) is 30.7. The van der Waals surface area contributed by atoms with Crippen LogP contribution in [0.1, 0.15) is 91.2 Å². The molecular weight excluding hydrogens is 530 g/mol. The molecule has 0 N–H and O–H groups in total. The summed E-state index contributed by atoms with van der Waals surface area (Å²) in [6.07, 6.45) is 12.7. The van der Waals surface area contributed by atoms with Crippen LogP contribution in [-0.2, 0) is 19.2 Å². The highest BCUT2D eigenvalue weighted by atomic mass is 16.7. The van der Waals surface area contributed by atoms with Crippen molar-refractivity contribution in [1.82, 2.24) is 24.7 Å². The molecule has 4 fully saturated rings. The zero-order valence-electron chi connectivity index (χ0n) is 25.9. The highest BCUT2D eigenvalue weighted by molar-refractivity contribution is 5.95. The van der Waals surface area contributed by atoms with Crippen molar-refractivity contribution in [2.24, 2.45) is 11.8 Å². The van der Waals surface area contributed by atoms with Crippen molar-refractivity contribution in [2.75, 3.05) is 19.6 Å². The van der Waals surface area contributed by atoms with Gasteiger partial charge in [-0.3, -0.25) is 24.2 Å². The maximum absolute atomic E-state index is 14.2. The molecule has 0 unspecified atom stereocenters. The van der Waals surface area contributed by atoms with E-state index in [0.717, 1.165) is 25.9 Å². The molecule has 0 aromatic carbocycles. The maximum atomic E-state index is 14.2. The molecule has 3 amide bonds. The second-order valence-corrected chi connectivity index (χ2v) is 13.4. The van der Waals surface area contributed by atoms with Crippen molar-refractivity contribution >= 4 is 23.8 Å². The first-order valence-electron chi connectivity index (χ1n) is 16.2. The Morgan fingerprint density at radius 2 is 1.67 bits per heavy atom. The third-order valence-corrected chi connectivity index (χ3v) is 9.34. The van der Waals surface area contributed by atoms with Gasteiger partial charge in [0.15, 0.2) is 12.3 Å². The standard InChI is InChI=1S/C33H49N5O4/c1-23(2)20-28-32(40)36(27-15-18-35(19-16-27)26-11-6-5-7-12-26)22-30-37(28)33(41)29(21-24(3)4)42-38(30)31(39)14-13-25-10-8-9-17-34-25/h8-10,13-14,17,23-24,26-30H,5-7,11-12,15-16,18-22H2,1-4H3/b14-13+/t28-,29+,30-/m0/s1. The summed E-state index contributed by atoms with van der Waals surface area (Å²) in [7, 11) is 0. The predicted octanol–water partition coefficient (Wildman–Crippen LogP) is 4.49. The average molecular weight is 580 g/mol. The number of fused-ring (bicyclic) bond motifs is 1. The van der Waals surface area contributed by atoms with Gasteiger partial charge in [0.1, 0.15) is 6.04 Å². The van der Waals surface area contributed by atoms with Gasteiger partial charge >= 0.3 is 0 Å². The molecule has 1 aromatic heterocycles. The monoisotopic (exact) mass is 579 g/mol. The van der Waals surface area contributed by atoms with Gasteiger partial charge in [-0.2, -0.15) is 5.06 Å².